The summed E-state index contributed by atoms with van der Waals surface area (Å²) in [5.74, 6) is 0.496. The Morgan fingerprint density at radius 2 is 1.92 bits per heavy atom. The van der Waals surface area contributed by atoms with Crippen LogP contribution in [0.3, 0.4) is 0 Å². The highest BCUT2D eigenvalue weighted by Gasteiger charge is 2.23. The zero-order chi connectivity index (χ0) is 17.3. The van der Waals surface area contributed by atoms with E-state index in [9.17, 15) is 0 Å². The van der Waals surface area contributed by atoms with Gasteiger partial charge in [-0.2, -0.15) is 0 Å². The quantitative estimate of drug-likeness (QED) is 0.731. The Morgan fingerprint density at radius 1 is 1.04 bits per heavy atom. The molecule has 0 radical (unpaired) electrons. The van der Waals surface area contributed by atoms with Crippen LogP contribution in [0.5, 0.6) is 0 Å². The van der Waals surface area contributed by atoms with Gasteiger partial charge in [-0.05, 0) is 53.7 Å². The molecule has 0 saturated carbocycles. The zero-order valence-electron chi connectivity index (χ0n) is 14.9. The average molecular weight is 365 g/mol. The first-order chi connectivity index (χ1) is 12.9. The summed E-state index contributed by atoms with van der Waals surface area (Å²) in [6.45, 7) is 5.69. The van der Waals surface area contributed by atoms with Crippen molar-refractivity contribution in [2.75, 3.05) is 37.7 Å². The fraction of sp³-hybridized carbons (Fsp3) is 0.364. The number of anilines is 1. The number of nitrogens with zero attached hydrogens (tertiary/aromatic N) is 1. The second kappa shape index (κ2) is 7.03. The van der Waals surface area contributed by atoms with Gasteiger partial charge in [0.15, 0.2) is 0 Å². The Balaban J connectivity index is 1.52. The molecular formula is C22H24N2OS. The maximum absolute atomic E-state index is 5.50. The fourth-order valence-corrected chi connectivity index (χ4v) is 5.42. The molecule has 2 aliphatic rings. The smallest absolute Gasteiger partial charge is 0.0642 e. The van der Waals surface area contributed by atoms with Gasteiger partial charge >= 0.3 is 0 Å². The number of rotatable bonds is 2. The molecule has 1 unspecified atom stereocenters. The van der Waals surface area contributed by atoms with Crippen LogP contribution in [0.4, 0.5) is 5.69 Å². The first-order valence-corrected chi connectivity index (χ1v) is 10.3. The molecule has 0 aliphatic carbocycles. The molecule has 0 bridgehead atoms. The van der Waals surface area contributed by atoms with Gasteiger partial charge in [-0.15, -0.1) is 11.3 Å². The van der Waals surface area contributed by atoms with Gasteiger partial charge in [0.2, 0.25) is 0 Å². The van der Waals surface area contributed by atoms with Crippen LogP contribution in [-0.2, 0) is 11.3 Å². The zero-order valence-corrected chi connectivity index (χ0v) is 15.7. The van der Waals surface area contributed by atoms with E-state index in [2.05, 4.69) is 58.7 Å². The molecule has 1 saturated heterocycles. The molecule has 2 aliphatic heterocycles. The molecule has 1 fully saturated rings. The molecule has 1 N–H and O–H groups in total. The van der Waals surface area contributed by atoms with Crippen molar-refractivity contribution in [2.24, 2.45) is 0 Å². The lowest BCUT2D eigenvalue weighted by molar-refractivity contribution is 0.122. The predicted molar refractivity (Wildman–Crippen MR) is 109 cm³/mol. The number of hydrogen-bond acceptors (Lipinski definition) is 4. The van der Waals surface area contributed by atoms with E-state index in [4.69, 9.17) is 4.74 Å². The molecule has 1 atom stereocenters. The number of morpholine rings is 1. The third-order valence-corrected chi connectivity index (χ3v) is 6.82. The normalized spacial score (nSPS) is 20.8. The van der Waals surface area contributed by atoms with Crippen LogP contribution in [0, 0.1) is 0 Å². The summed E-state index contributed by atoms with van der Waals surface area (Å²) < 4.78 is 6.90. The lowest BCUT2D eigenvalue weighted by Gasteiger charge is -2.30. The number of thiophene rings is 1. The number of hydrogen-bond donors (Lipinski definition) is 1. The maximum Gasteiger partial charge on any atom is 0.0642 e. The SMILES string of the molecule is c1ccc2sc(C3CCNCc4cc(N5CCOCC5)ccc43)cc2c1. The van der Waals surface area contributed by atoms with Crippen molar-refractivity contribution in [2.45, 2.75) is 18.9 Å². The molecular weight excluding hydrogens is 340 g/mol. The van der Waals surface area contributed by atoms with Crippen LogP contribution in [0.25, 0.3) is 10.1 Å². The minimum Gasteiger partial charge on any atom is -0.378 e. The number of nitrogens with one attached hydrogen (secondary N) is 1. The first-order valence-electron chi connectivity index (χ1n) is 9.53. The van der Waals surface area contributed by atoms with Crippen LogP contribution < -0.4 is 10.2 Å². The summed E-state index contributed by atoms with van der Waals surface area (Å²) in [5, 5.41) is 5.00. The van der Waals surface area contributed by atoms with E-state index in [0.717, 1.165) is 45.8 Å². The Hall–Kier alpha value is -1.88. The lowest BCUT2D eigenvalue weighted by atomic mass is 9.90. The largest absolute Gasteiger partial charge is 0.378 e. The summed E-state index contributed by atoms with van der Waals surface area (Å²) >= 11 is 1.95. The Labute approximate surface area is 158 Å². The van der Waals surface area contributed by atoms with Crippen LogP contribution in [0.1, 0.15) is 28.3 Å². The molecule has 26 heavy (non-hydrogen) atoms. The van der Waals surface area contributed by atoms with Crippen molar-refractivity contribution >= 4 is 27.1 Å². The molecule has 5 rings (SSSR count). The van der Waals surface area contributed by atoms with E-state index >= 15 is 0 Å². The molecule has 2 aromatic carbocycles. The predicted octanol–water partition coefficient (Wildman–Crippen LogP) is 4.36. The van der Waals surface area contributed by atoms with E-state index in [1.54, 1.807) is 0 Å². The number of benzene rings is 2. The lowest BCUT2D eigenvalue weighted by Crippen LogP contribution is -2.36. The fourth-order valence-electron chi connectivity index (χ4n) is 4.20. The monoisotopic (exact) mass is 364 g/mol. The Bertz CT molecular complexity index is 880. The summed E-state index contributed by atoms with van der Waals surface area (Å²) in [7, 11) is 0. The summed E-state index contributed by atoms with van der Waals surface area (Å²) in [6, 6.07) is 18.2. The summed E-state index contributed by atoms with van der Waals surface area (Å²) in [5.41, 5.74) is 4.29. The van der Waals surface area contributed by atoms with E-state index in [1.165, 1.54) is 31.8 Å². The topological polar surface area (TPSA) is 24.5 Å². The van der Waals surface area contributed by atoms with Gasteiger partial charge in [0, 0.05) is 40.8 Å². The second-order valence-corrected chi connectivity index (χ2v) is 8.30. The third kappa shape index (κ3) is 3.02. The first kappa shape index (κ1) is 16.3. The second-order valence-electron chi connectivity index (χ2n) is 7.19. The summed E-state index contributed by atoms with van der Waals surface area (Å²) in [6.07, 6.45) is 1.16. The minimum atomic E-state index is 0.496. The van der Waals surface area contributed by atoms with Crippen LogP contribution in [0.15, 0.2) is 48.5 Å². The summed E-state index contributed by atoms with van der Waals surface area (Å²) in [4.78, 5) is 3.94. The van der Waals surface area contributed by atoms with E-state index < -0.39 is 0 Å². The third-order valence-electron chi connectivity index (χ3n) is 5.59. The van der Waals surface area contributed by atoms with Gasteiger partial charge < -0.3 is 15.0 Å². The Kier molecular flexibility index (Phi) is 4.41. The van der Waals surface area contributed by atoms with E-state index in [-0.39, 0.29) is 0 Å². The van der Waals surface area contributed by atoms with Crippen molar-refractivity contribution in [3.63, 3.8) is 0 Å². The maximum atomic E-state index is 5.50. The van der Waals surface area contributed by atoms with E-state index in [0.29, 0.717) is 5.92 Å². The van der Waals surface area contributed by atoms with Crippen molar-refractivity contribution in [1.29, 1.82) is 0 Å². The van der Waals surface area contributed by atoms with Crippen molar-refractivity contribution < 1.29 is 4.74 Å². The Morgan fingerprint density at radius 3 is 2.81 bits per heavy atom. The molecule has 3 heterocycles. The van der Waals surface area contributed by atoms with Gasteiger partial charge in [0.25, 0.3) is 0 Å². The number of ether oxygens (including phenoxy) is 1. The van der Waals surface area contributed by atoms with Gasteiger partial charge in [0.05, 0.1) is 13.2 Å². The highest BCUT2D eigenvalue weighted by molar-refractivity contribution is 7.19. The molecule has 0 amide bonds. The van der Waals surface area contributed by atoms with Gasteiger partial charge in [0.1, 0.15) is 0 Å². The minimum absolute atomic E-state index is 0.496. The number of fused-ring (bicyclic) bond motifs is 2. The van der Waals surface area contributed by atoms with Crippen LogP contribution in [0.2, 0.25) is 0 Å². The van der Waals surface area contributed by atoms with E-state index in [1.807, 2.05) is 11.3 Å². The van der Waals surface area contributed by atoms with Crippen LogP contribution >= 0.6 is 11.3 Å². The molecule has 3 nitrogen and oxygen atoms in total. The highest BCUT2D eigenvalue weighted by Crippen LogP contribution is 2.39. The van der Waals surface area contributed by atoms with Gasteiger partial charge in [-0.25, -0.2) is 0 Å². The van der Waals surface area contributed by atoms with Crippen LogP contribution in [-0.4, -0.2) is 32.8 Å². The average Bonchev–Trinajstić information content (AvgIpc) is 3.01. The van der Waals surface area contributed by atoms with Crippen molar-refractivity contribution in [3.8, 4) is 0 Å². The molecule has 1 aromatic heterocycles. The molecule has 3 aromatic rings. The van der Waals surface area contributed by atoms with Crippen molar-refractivity contribution in [3.05, 3.63) is 64.5 Å². The molecule has 0 spiro atoms. The highest BCUT2D eigenvalue weighted by atomic mass is 32.1. The molecule has 134 valence electrons. The molecule has 4 heteroatoms. The van der Waals surface area contributed by atoms with Gasteiger partial charge in [-0.1, -0.05) is 24.3 Å². The van der Waals surface area contributed by atoms with Gasteiger partial charge in [-0.3, -0.25) is 0 Å². The standard InChI is InChI=1S/C22H24N2OS/c1-2-4-21-16(3-1)14-22(26-21)20-7-8-23-15-17-13-18(5-6-19(17)20)24-9-11-25-12-10-24/h1-6,13-14,20,23H,7-12,15H2. The van der Waals surface area contributed by atoms with Crippen molar-refractivity contribution in [1.82, 2.24) is 5.32 Å².